The minimum absolute atomic E-state index is 0.157. The summed E-state index contributed by atoms with van der Waals surface area (Å²) >= 11 is 0. The topological polar surface area (TPSA) is 87.3 Å². The number of hydrogen-bond acceptors (Lipinski definition) is 4. The van der Waals surface area contributed by atoms with E-state index in [1.807, 2.05) is 0 Å². The van der Waals surface area contributed by atoms with Gasteiger partial charge in [0.05, 0.1) is 4.90 Å². The van der Waals surface area contributed by atoms with Gasteiger partial charge in [-0.1, -0.05) is 13.0 Å². The molecule has 3 N–H and O–H groups in total. The SMILES string of the molecule is CNCC(C)C(=O)Nc1ccc(C)c(S(=O)(=O)NC(C)(C)C)c1. The van der Waals surface area contributed by atoms with Gasteiger partial charge in [-0.2, -0.15) is 0 Å². The third-order valence-corrected chi connectivity index (χ3v) is 5.04. The van der Waals surface area contributed by atoms with Crippen LogP contribution >= 0.6 is 0 Å². The normalized spacial score (nSPS) is 13.7. The van der Waals surface area contributed by atoms with Crippen LogP contribution < -0.4 is 15.4 Å². The maximum absolute atomic E-state index is 12.5. The number of carbonyl (C=O) groups is 1. The van der Waals surface area contributed by atoms with Crippen LogP contribution in [0.5, 0.6) is 0 Å². The van der Waals surface area contributed by atoms with Crippen LogP contribution in [0.1, 0.15) is 33.3 Å². The van der Waals surface area contributed by atoms with Crippen LogP contribution in [-0.2, 0) is 14.8 Å². The first-order chi connectivity index (χ1) is 10.5. The Morgan fingerprint density at radius 1 is 1.26 bits per heavy atom. The Hall–Kier alpha value is -1.44. The number of sulfonamides is 1. The van der Waals surface area contributed by atoms with E-state index < -0.39 is 15.6 Å². The molecule has 1 unspecified atom stereocenters. The second-order valence-electron chi connectivity index (χ2n) is 6.78. The number of amides is 1. The molecule has 0 fully saturated rings. The van der Waals surface area contributed by atoms with Crippen molar-refractivity contribution >= 4 is 21.6 Å². The maximum atomic E-state index is 12.5. The molecule has 1 aromatic rings. The van der Waals surface area contributed by atoms with E-state index in [1.54, 1.807) is 53.8 Å². The van der Waals surface area contributed by atoms with E-state index in [4.69, 9.17) is 0 Å². The molecule has 1 aromatic carbocycles. The van der Waals surface area contributed by atoms with Crippen LogP contribution in [0.25, 0.3) is 0 Å². The molecule has 0 aromatic heterocycles. The Bertz CT molecular complexity index is 664. The Morgan fingerprint density at radius 2 is 1.87 bits per heavy atom. The van der Waals surface area contributed by atoms with Crippen molar-refractivity contribution in [3.05, 3.63) is 23.8 Å². The molecule has 1 atom stereocenters. The maximum Gasteiger partial charge on any atom is 0.241 e. The molecule has 0 aliphatic heterocycles. The van der Waals surface area contributed by atoms with E-state index in [-0.39, 0.29) is 16.7 Å². The third kappa shape index (κ3) is 5.93. The van der Waals surface area contributed by atoms with E-state index in [0.717, 1.165) is 0 Å². The zero-order valence-corrected chi connectivity index (χ0v) is 15.5. The Balaban J connectivity index is 3.07. The first-order valence-corrected chi connectivity index (χ1v) is 9.04. The van der Waals surface area contributed by atoms with Gasteiger partial charge in [0.2, 0.25) is 15.9 Å². The van der Waals surface area contributed by atoms with Crippen molar-refractivity contribution < 1.29 is 13.2 Å². The predicted molar refractivity (Wildman–Crippen MR) is 93.0 cm³/mol. The van der Waals surface area contributed by atoms with E-state index in [0.29, 0.717) is 17.8 Å². The molecule has 0 heterocycles. The molecule has 0 bridgehead atoms. The van der Waals surface area contributed by atoms with Gasteiger partial charge in [-0.05, 0) is 52.4 Å². The summed E-state index contributed by atoms with van der Waals surface area (Å²) in [6.45, 7) is 9.43. The van der Waals surface area contributed by atoms with Gasteiger partial charge in [0.15, 0.2) is 0 Å². The fourth-order valence-corrected chi connectivity index (χ4v) is 3.78. The number of anilines is 1. The fourth-order valence-electron chi connectivity index (χ4n) is 2.09. The van der Waals surface area contributed by atoms with Crippen molar-refractivity contribution in [2.24, 2.45) is 5.92 Å². The molecule has 130 valence electrons. The number of benzene rings is 1. The predicted octanol–water partition coefficient (Wildman–Crippen LogP) is 1.87. The minimum Gasteiger partial charge on any atom is -0.326 e. The molecular weight excluding hydrogens is 314 g/mol. The summed E-state index contributed by atoms with van der Waals surface area (Å²) in [4.78, 5) is 12.2. The highest BCUT2D eigenvalue weighted by molar-refractivity contribution is 7.89. The van der Waals surface area contributed by atoms with Gasteiger partial charge in [0.1, 0.15) is 0 Å². The lowest BCUT2D eigenvalue weighted by Crippen LogP contribution is -2.40. The third-order valence-electron chi connectivity index (χ3n) is 3.14. The van der Waals surface area contributed by atoms with Crippen molar-refractivity contribution in [3.8, 4) is 0 Å². The molecule has 0 saturated carbocycles. The van der Waals surface area contributed by atoms with Crippen LogP contribution in [-0.4, -0.2) is 33.5 Å². The average molecular weight is 341 g/mol. The molecule has 0 spiro atoms. The number of carbonyl (C=O) groups excluding carboxylic acids is 1. The van der Waals surface area contributed by atoms with Gasteiger partial charge in [0, 0.05) is 23.7 Å². The summed E-state index contributed by atoms with van der Waals surface area (Å²) in [5.74, 6) is -0.371. The van der Waals surface area contributed by atoms with Crippen molar-refractivity contribution in [2.75, 3.05) is 18.9 Å². The molecule has 1 rings (SSSR count). The average Bonchev–Trinajstić information content (AvgIpc) is 2.38. The zero-order valence-electron chi connectivity index (χ0n) is 14.6. The summed E-state index contributed by atoms with van der Waals surface area (Å²) in [5.41, 5.74) is 0.520. The van der Waals surface area contributed by atoms with Gasteiger partial charge in [-0.25, -0.2) is 13.1 Å². The molecule has 0 aliphatic rings. The summed E-state index contributed by atoms with van der Waals surface area (Å²) in [6, 6.07) is 4.89. The smallest absolute Gasteiger partial charge is 0.241 e. The first-order valence-electron chi connectivity index (χ1n) is 7.56. The highest BCUT2D eigenvalue weighted by Gasteiger charge is 2.24. The van der Waals surface area contributed by atoms with Crippen LogP contribution in [0.3, 0.4) is 0 Å². The second kappa shape index (κ2) is 7.42. The van der Waals surface area contributed by atoms with E-state index in [9.17, 15) is 13.2 Å². The molecule has 0 radical (unpaired) electrons. The lowest BCUT2D eigenvalue weighted by Gasteiger charge is -2.21. The highest BCUT2D eigenvalue weighted by atomic mass is 32.2. The lowest BCUT2D eigenvalue weighted by atomic mass is 10.1. The van der Waals surface area contributed by atoms with Crippen molar-refractivity contribution in [2.45, 2.75) is 45.1 Å². The number of nitrogens with one attached hydrogen (secondary N) is 3. The molecule has 1 amide bonds. The fraction of sp³-hybridized carbons (Fsp3) is 0.562. The minimum atomic E-state index is -3.65. The standard InChI is InChI=1S/C16H27N3O3S/c1-11-7-8-13(18-15(20)12(2)10-17-6)9-14(11)23(21,22)19-16(3,4)5/h7-9,12,17,19H,10H2,1-6H3,(H,18,20). The lowest BCUT2D eigenvalue weighted by molar-refractivity contribution is -0.119. The molecular formula is C16H27N3O3S. The summed E-state index contributed by atoms with van der Waals surface area (Å²) in [7, 11) is -1.87. The Morgan fingerprint density at radius 3 is 2.39 bits per heavy atom. The van der Waals surface area contributed by atoms with Crippen LogP contribution in [0.4, 0.5) is 5.69 Å². The van der Waals surface area contributed by atoms with Crippen LogP contribution in [0.15, 0.2) is 23.1 Å². The molecule has 23 heavy (non-hydrogen) atoms. The molecule has 6 nitrogen and oxygen atoms in total. The van der Waals surface area contributed by atoms with E-state index in [1.165, 1.54) is 6.07 Å². The van der Waals surface area contributed by atoms with Gasteiger partial charge in [-0.15, -0.1) is 0 Å². The summed E-state index contributed by atoms with van der Waals surface area (Å²) in [5, 5.41) is 5.70. The van der Waals surface area contributed by atoms with Crippen LogP contribution in [0, 0.1) is 12.8 Å². The summed E-state index contributed by atoms with van der Waals surface area (Å²) < 4.78 is 27.6. The van der Waals surface area contributed by atoms with E-state index >= 15 is 0 Å². The largest absolute Gasteiger partial charge is 0.326 e. The van der Waals surface area contributed by atoms with Crippen molar-refractivity contribution in [1.29, 1.82) is 0 Å². The molecule has 0 aliphatic carbocycles. The van der Waals surface area contributed by atoms with Gasteiger partial charge in [-0.3, -0.25) is 4.79 Å². The van der Waals surface area contributed by atoms with Crippen LogP contribution in [0.2, 0.25) is 0 Å². The monoisotopic (exact) mass is 341 g/mol. The highest BCUT2D eigenvalue weighted by Crippen LogP contribution is 2.22. The zero-order chi connectivity index (χ0) is 17.8. The van der Waals surface area contributed by atoms with Crippen molar-refractivity contribution in [1.82, 2.24) is 10.0 Å². The van der Waals surface area contributed by atoms with Crippen molar-refractivity contribution in [3.63, 3.8) is 0 Å². The van der Waals surface area contributed by atoms with Gasteiger partial charge in [0.25, 0.3) is 0 Å². The number of rotatable bonds is 6. The second-order valence-corrected chi connectivity index (χ2v) is 8.43. The molecule has 7 heteroatoms. The van der Waals surface area contributed by atoms with Gasteiger partial charge < -0.3 is 10.6 Å². The number of hydrogen-bond donors (Lipinski definition) is 3. The summed E-state index contributed by atoms with van der Waals surface area (Å²) in [6.07, 6.45) is 0. The Kier molecular flexibility index (Phi) is 6.33. The molecule has 0 saturated heterocycles. The van der Waals surface area contributed by atoms with Gasteiger partial charge >= 0.3 is 0 Å². The van der Waals surface area contributed by atoms with E-state index in [2.05, 4.69) is 15.4 Å². The first kappa shape index (κ1) is 19.6. The quantitative estimate of drug-likeness (QED) is 0.737. The Labute approximate surface area is 139 Å². The number of aryl methyl sites for hydroxylation is 1.